The highest BCUT2D eigenvalue weighted by Crippen LogP contribution is 2.43. The molecule has 2 amide bonds. The molecule has 1 heterocycles. The van der Waals surface area contributed by atoms with Crippen molar-refractivity contribution in [2.24, 2.45) is 10.7 Å². The number of unbranched alkanes of at least 4 members (excludes halogenated alkanes) is 1. The van der Waals surface area contributed by atoms with Crippen molar-refractivity contribution in [3.05, 3.63) is 58.1 Å². The highest BCUT2D eigenvalue weighted by Gasteiger charge is 2.36. The number of carbonyl (C=O) groups is 2. The topological polar surface area (TPSA) is 152 Å². The number of sulfonamides is 1. The maximum absolute atomic E-state index is 13.3. The van der Waals surface area contributed by atoms with Crippen LogP contribution >= 0.6 is 0 Å². The molecular formula is C30H43N5O6S. The van der Waals surface area contributed by atoms with E-state index >= 15 is 0 Å². The van der Waals surface area contributed by atoms with Crippen molar-refractivity contribution in [1.29, 1.82) is 0 Å². The number of benzene rings is 2. The fraction of sp³-hybridized carbons (Fsp3) is 0.500. The van der Waals surface area contributed by atoms with Crippen molar-refractivity contribution in [3.8, 4) is 5.75 Å². The molecule has 0 radical (unpaired) electrons. The number of likely N-dealkylation sites (N-methyl/N-ethyl adjacent to an activating group) is 1. The van der Waals surface area contributed by atoms with Crippen LogP contribution in [0.1, 0.15) is 60.9 Å². The summed E-state index contributed by atoms with van der Waals surface area (Å²) < 4.78 is 40.3. The molecule has 0 spiro atoms. The van der Waals surface area contributed by atoms with Crippen molar-refractivity contribution in [1.82, 2.24) is 14.9 Å². The molecule has 4 N–H and O–H groups in total. The summed E-state index contributed by atoms with van der Waals surface area (Å²) in [6, 6.07) is 9.39. The molecule has 2 aromatic carbocycles. The number of amides is 2. The first-order valence-electron chi connectivity index (χ1n) is 14.0. The Kier molecular flexibility index (Phi) is 10.8. The lowest BCUT2D eigenvalue weighted by Gasteiger charge is -2.19. The zero-order chi connectivity index (χ0) is 31.1. The number of nitrogens with zero attached hydrogens (tertiary/aromatic N) is 2. The van der Waals surface area contributed by atoms with Crippen LogP contribution < -0.4 is 20.5 Å². The van der Waals surface area contributed by atoms with E-state index in [4.69, 9.17) is 15.2 Å². The number of hydrogen-bond acceptors (Lipinski definition) is 7. The van der Waals surface area contributed by atoms with Crippen molar-refractivity contribution >= 4 is 28.0 Å². The van der Waals surface area contributed by atoms with Crippen LogP contribution in [0.2, 0.25) is 0 Å². The van der Waals surface area contributed by atoms with Crippen molar-refractivity contribution in [2.45, 2.75) is 77.4 Å². The van der Waals surface area contributed by atoms with E-state index in [1.165, 1.54) is 4.90 Å². The third-order valence-corrected chi connectivity index (χ3v) is 8.81. The molecule has 0 atom stereocenters. The Hall–Kier alpha value is -3.80. The molecule has 230 valence electrons. The van der Waals surface area contributed by atoms with Gasteiger partial charge in [0.1, 0.15) is 18.0 Å². The summed E-state index contributed by atoms with van der Waals surface area (Å²) in [4.78, 5) is 30.0. The predicted molar refractivity (Wildman–Crippen MR) is 162 cm³/mol. The molecule has 0 saturated heterocycles. The van der Waals surface area contributed by atoms with E-state index in [1.54, 1.807) is 20.9 Å². The molecule has 0 saturated carbocycles. The van der Waals surface area contributed by atoms with Crippen molar-refractivity contribution < 1.29 is 27.5 Å². The average Bonchev–Trinajstić information content (AvgIpc) is 3.26. The van der Waals surface area contributed by atoms with Gasteiger partial charge in [-0.25, -0.2) is 17.9 Å². The van der Waals surface area contributed by atoms with Crippen LogP contribution in [-0.4, -0.2) is 63.6 Å². The first kappa shape index (κ1) is 32.7. The smallest absolute Gasteiger partial charge is 0.409 e. The van der Waals surface area contributed by atoms with Crippen LogP contribution in [0.15, 0.2) is 40.2 Å². The Morgan fingerprint density at radius 1 is 1.10 bits per heavy atom. The Balaban J connectivity index is 1.39. The van der Waals surface area contributed by atoms with Gasteiger partial charge in [-0.1, -0.05) is 30.3 Å². The Labute approximate surface area is 248 Å². The predicted octanol–water partition coefficient (Wildman–Crippen LogP) is 3.47. The monoisotopic (exact) mass is 601 g/mol. The summed E-state index contributed by atoms with van der Waals surface area (Å²) in [6.45, 7) is 10.4. The first-order valence-corrected chi connectivity index (χ1v) is 15.5. The third kappa shape index (κ3) is 8.60. The van der Waals surface area contributed by atoms with Gasteiger partial charge in [0.15, 0.2) is 0 Å². The summed E-state index contributed by atoms with van der Waals surface area (Å²) in [5.41, 5.74) is 9.38. The van der Waals surface area contributed by atoms with Gasteiger partial charge in [-0.05, 0) is 69.7 Å². The second-order valence-corrected chi connectivity index (χ2v) is 12.8. The summed E-state index contributed by atoms with van der Waals surface area (Å²) in [5, 5.41) is 2.78. The number of hydrogen-bond donors (Lipinski definition) is 3. The lowest BCUT2D eigenvalue weighted by molar-refractivity contribution is -0.121. The zero-order valence-corrected chi connectivity index (χ0v) is 26.2. The van der Waals surface area contributed by atoms with Crippen LogP contribution in [-0.2, 0) is 32.6 Å². The largest absolute Gasteiger partial charge is 0.487 e. The maximum Gasteiger partial charge on any atom is 0.409 e. The van der Waals surface area contributed by atoms with Gasteiger partial charge in [0.25, 0.3) is 10.0 Å². The van der Waals surface area contributed by atoms with Gasteiger partial charge >= 0.3 is 6.09 Å². The van der Waals surface area contributed by atoms with Crippen molar-refractivity contribution in [2.75, 3.05) is 26.7 Å². The number of guanidine groups is 1. The highest BCUT2D eigenvalue weighted by atomic mass is 32.2. The van der Waals surface area contributed by atoms with Crippen LogP contribution in [0, 0.1) is 20.8 Å². The van der Waals surface area contributed by atoms with Crippen molar-refractivity contribution in [3.63, 3.8) is 0 Å². The van der Waals surface area contributed by atoms with Gasteiger partial charge < -0.3 is 25.4 Å². The zero-order valence-electron chi connectivity index (χ0n) is 25.4. The van der Waals surface area contributed by atoms with Crippen LogP contribution in [0.3, 0.4) is 0 Å². The molecule has 0 bridgehead atoms. The normalized spacial score (nSPS) is 14.1. The standard InChI is InChI=1S/C30H43N5O6S/c1-20-21(2)27(22(3)24-18-30(4,5)41-26(20)24)42(38,39)34-28(31)33-15-11-10-14-25(36)32-16-17-35(6)29(37)40-19-23-12-8-7-9-13-23/h7-9,12-13H,10-11,14-19H2,1-6H3,(H,32,36)(H3,31,33,34). The van der Waals surface area contributed by atoms with Gasteiger partial charge in [0.2, 0.25) is 11.9 Å². The van der Waals surface area contributed by atoms with Gasteiger partial charge in [0, 0.05) is 45.1 Å². The second-order valence-electron chi connectivity index (χ2n) is 11.2. The number of ether oxygens (including phenoxy) is 2. The maximum atomic E-state index is 13.3. The Morgan fingerprint density at radius 2 is 1.79 bits per heavy atom. The lowest BCUT2D eigenvalue weighted by Crippen LogP contribution is -2.37. The number of carbonyl (C=O) groups excluding carboxylic acids is 2. The van der Waals surface area contributed by atoms with Crippen LogP contribution in [0.5, 0.6) is 5.75 Å². The molecule has 1 aliphatic rings. The SMILES string of the molecule is Cc1c(C)c(S(=O)(=O)NC(N)=NCCCCC(=O)NCCN(C)C(=O)OCc2ccccc2)c(C)c2c1OC(C)(C)C2. The molecule has 1 aliphatic heterocycles. The number of rotatable bonds is 12. The molecule has 2 aromatic rings. The van der Waals surface area contributed by atoms with E-state index < -0.39 is 21.7 Å². The number of fused-ring (bicyclic) bond motifs is 1. The van der Waals surface area contributed by atoms with Crippen LogP contribution in [0.25, 0.3) is 0 Å². The fourth-order valence-corrected chi connectivity index (χ4v) is 6.36. The molecule has 42 heavy (non-hydrogen) atoms. The molecule has 0 aromatic heterocycles. The van der Waals surface area contributed by atoms with Gasteiger partial charge in [-0.3, -0.25) is 9.79 Å². The van der Waals surface area contributed by atoms with E-state index in [1.807, 2.05) is 51.1 Å². The number of nitrogens with one attached hydrogen (secondary N) is 2. The Bertz CT molecular complexity index is 1420. The molecule has 0 aliphatic carbocycles. The van der Waals surface area contributed by atoms with Crippen LogP contribution in [0.4, 0.5) is 4.79 Å². The minimum Gasteiger partial charge on any atom is -0.487 e. The molecular weight excluding hydrogens is 558 g/mol. The second kappa shape index (κ2) is 13.9. The van der Waals surface area contributed by atoms with Gasteiger partial charge in [0.05, 0.1) is 4.90 Å². The van der Waals surface area contributed by atoms with E-state index in [0.29, 0.717) is 43.5 Å². The molecule has 12 heteroatoms. The van der Waals surface area contributed by atoms with E-state index in [9.17, 15) is 18.0 Å². The summed E-state index contributed by atoms with van der Waals surface area (Å²) in [7, 11) is -2.35. The number of aliphatic imine (C=N–C) groups is 1. The minimum absolute atomic E-state index is 0.149. The quantitative estimate of drug-likeness (QED) is 0.191. The summed E-state index contributed by atoms with van der Waals surface area (Å²) in [5.74, 6) is 0.409. The lowest BCUT2D eigenvalue weighted by atomic mass is 9.94. The molecule has 11 nitrogen and oxygen atoms in total. The summed E-state index contributed by atoms with van der Waals surface area (Å²) in [6.07, 6.45) is 1.52. The summed E-state index contributed by atoms with van der Waals surface area (Å²) >= 11 is 0. The number of nitrogens with two attached hydrogens (primary N) is 1. The molecule has 0 unspecified atom stereocenters. The van der Waals surface area contributed by atoms with E-state index in [-0.39, 0.29) is 36.3 Å². The molecule has 0 fully saturated rings. The van der Waals surface area contributed by atoms with Gasteiger partial charge in [-0.2, -0.15) is 0 Å². The Morgan fingerprint density at radius 3 is 2.48 bits per heavy atom. The van der Waals surface area contributed by atoms with Gasteiger partial charge in [-0.15, -0.1) is 0 Å². The first-order chi connectivity index (χ1) is 19.7. The fourth-order valence-electron chi connectivity index (χ4n) is 4.84. The highest BCUT2D eigenvalue weighted by molar-refractivity contribution is 7.90. The van der Waals surface area contributed by atoms with E-state index in [0.717, 1.165) is 22.4 Å². The molecule has 3 rings (SSSR count). The third-order valence-electron chi connectivity index (χ3n) is 7.18. The minimum atomic E-state index is -3.96. The van der Waals surface area contributed by atoms with E-state index in [2.05, 4.69) is 15.0 Å². The average molecular weight is 602 g/mol.